The molecule has 0 spiro atoms. The van der Waals surface area contributed by atoms with Gasteiger partial charge in [-0.3, -0.25) is 4.79 Å². The van der Waals surface area contributed by atoms with Gasteiger partial charge in [0.05, 0.1) is 12.7 Å². The van der Waals surface area contributed by atoms with E-state index in [1.54, 1.807) is 6.07 Å². The second-order valence-electron chi connectivity index (χ2n) is 7.56. The number of aliphatic hydroxyl groups excluding tert-OH is 1. The fourth-order valence-corrected chi connectivity index (χ4v) is 4.47. The summed E-state index contributed by atoms with van der Waals surface area (Å²) in [6, 6.07) is 2.52. The number of carboxylic acid groups (broad SMARTS) is 1. The molecule has 0 aromatic carbocycles. The van der Waals surface area contributed by atoms with Crippen LogP contribution in [0.3, 0.4) is 0 Å². The highest BCUT2D eigenvalue weighted by molar-refractivity contribution is 8.00. The summed E-state index contributed by atoms with van der Waals surface area (Å²) in [5.74, 6) is -1.55. The fraction of sp³-hybridized carbons (Fsp3) is 0.850. The van der Waals surface area contributed by atoms with Gasteiger partial charge < -0.3 is 20.8 Å². The number of hydrogen-bond acceptors (Lipinski definition) is 6. The van der Waals surface area contributed by atoms with E-state index < -0.39 is 23.2 Å². The third-order valence-corrected chi connectivity index (χ3v) is 6.31. The summed E-state index contributed by atoms with van der Waals surface area (Å²) < 4.78 is 0. The lowest BCUT2D eigenvalue weighted by Gasteiger charge is -2.30. The van der Waals surface area contributed by atoms with E-state index in [1.807, 2.05) is 0 Å². The second kappa shape index (κ2) is 14.7. The number of rotatable bonds is 8. The van der Waals surface area contributed by atoms with Crippen LogP contribution in [0.2, 0.25) is 0 Å². The molecule has 2 fully saturated rings. The number of thioether (sulfide) groups is 1. The number of carbonyl (C=O) groups excluding carboxylic acids is 1. The van der Waals surface area contributed by atoms with Gasteiger partial charge in [0.1, 0.15) is 11.3 Å². The van der Waals surface area contributed by atoms with E-state index >= 15 is 0 Å². The lowest BCUT2D eigenvalue weighted by molar-refractivity contribution is -0.140. The van der Waals surface area contributed by atoms with Crippen molar-refractivity contribution in [1.82, 2.24) is 10.6 Å². The minimum absolute atomic E-state index is 0.0493. The number of nitrogens with one attached hydrogen (secondary N) is 2. The zero-order valence-electron chi connectivity index (χ0n) is 16.9. The topological polar surface area (TPSA) is 122 Å². The number of nitriles is 1. The minimum atomic E-state index is -1.16. The van der Waals surface area contributed by atoms with Crippen molar-refractivity contribution < 1.29 is 19.8 Å². The number of carbonyl (C=O) groups is 2. The van der Waals surface area contributed by atoms with Crippen LogP contribution in [0.4, 0.5) is 0 Å². The average Bonchev–Trinajstić information content (AvgIpc) is 2.69. The first-order valence-electron chi connectivity index (χ1n) is 10.3. The molecule has 28 heavy (non-hydrogen) atoms. The smallest absolute Gasteiger partial charge is 0.327 e. The Morgan fingerprint density at radius 2 is 1.57 bits per heavy atom. The number of carboxylic acids is 1. The van der Waals surface area contributed by atoms with Gasteiger partial charge in [-0.2, -0.15) is 5.26 Å². The van der Waals surface area contributed by atoms with Crippen LogP contribution in [0, 0.1) is 11.3 Å². The van der Waals surface area contributed by atoms with Gasteiger partial charge in [0, 0.05) is 24.8 Å². The van der Waals surface area contributed by atoms with Crippen LogP contribution in [-0.4, -0.2) is 57.8 Å². The van der Waals surface area contributed by atoms with Gasteiger partial charge in [0.2, 0.25) is 5.91 Å². The van der Waals surface area contributed by atoms with Crippen molar-refractivity contribution in [3.63, 3.8) is 0 Å². The zero-order valence-corrected chi connectivity index (χ0v) is 17.7. The Kier molecular flexibility index (Phi) is 13.0. The quantitative estimate of drug-likeness (QED) is 0.482. The number of hydrogen-bond donors (Lipinski definition) is 4. The molecule has 4 N–H and O–H groups in total. The maximum atomic E-state index is 10.7. The minimum Gasteiger partial charge on any atom is -0.480 e. The molecule has 1 amide bonds. The predicted octanol–water partition coefficient (Wildman–Crippen LogP) is 2.43. The van der Waals surface area contributed by atoms with E-state index in [0.29, 0.717) is 0 Å². The van der Waals surface area contributed by atoms with E-state index in [4.69, 9.17) is 15.5 Å². The predicted molar refractivity (Wildman–Crippen MR) is 111 cm³/mol. The summed E-state index contributed by atoms with van der Waals surface area (Å²) in [5, 5.41) is 31.3. The first-order valence-corrected chi connectivity index (χ1v) is 11.4. The molecule has 0 heterocycles. The van der Waals surface area contributed by atoms with Crippen molar-refractivity contribution in [2.45, 2.75) is 94.5 Å². The maximum Gasteiger partial charge on any atom is 0.327 e. The summed E-state index contributed by atoms with van der Waals surface area (Å²) in [5.41, 5.74) is 0. The maximum absolute atomic E-state index is 10.7. The van der Waals surface area contributed by atoms with Crippen molar-refractivity contribution >= 4 is 23.6 Å². The highest BCUT2D eigenvalue weighted by Crippen LogP contribution is 2.22. The molecule has 8 heteroatoms. The SMILES string of the molecule is C1CCC(NC2CCCCC2)CC1.CC(=O)NC(CSC(C#N)CO)C(=O)O. The summed E-state index contributed by atoms with van der Waals surface area (Å²) in [6.07, 6.45) is 14.6. The monoisotopic (exact) mass is 413 g/mol. The Morgan fingerprint density at radius 3 is 1.93 bits per heavy atom. The zero-order chi connectivity index (χ0) is 20.8. The number of amides is 1. The van der Waals surface area contributed by atoms with Gasteiger partial charge in [0.15, 0.2) is 0 Å². The van der Waals surface area contributed by atoms with Crippen LogP contribution >= 0.6 is 11.8 Å². The highest BCUT2D eigenvalue weighted by Gasteiger charge is 2.20. The molecule has 0 radical (unpaired) electrons. The Balaban J connectivity index is 0.000000281. The molecule has 0 aromatic rings. The van der Waals surface area contributed by atoms with Gasteiger partial charge in [-0.15, -0.1) is 11.8 Å². The molecule has 0 saturated heterocycles. The normalized spacial score (nSPS) is 20.2. The summed E-state index contributed by atoms with van der Waals surface area (Å²) in [4.78, 5) is 21.3. The van der Waals surface area contributed by atoms with Gasteiger partial charge in [-0.05, 0) is 25.7 Å². The van der Waals surface area contributed by atoms with Crippen LogP contribution < -0.4 is 10.6 Å². The Hall–Kier alpha value is -1.30. The Labute approximate surface area is 172 Å². The lowest BCUT2D eigenvalue weighted by atomic mass is 9.91. The van der Waals surface area contributed by atoms with Gasteiger partial charge >= 0.3 is 5.97 Å². The van der Waals surface area contributed by atoms with E-state index in [1.165, 1.54) is 71.1 Å². The first-order chi connectivity index (χ1) is 13.5. The molecule has 2 atom stereocenters. The van der Waals surface area contributed by atoms with Crippen LogP contribution in [0.1, 0.15) is 71.1 Å². The van der Waals surface area contributed by atoms with Gasteiger partial charge in [-0.1, -0.05) is 38.5 Å². The molecular formula is C20H35N3O4S. The van der Waals surface area contributed by atoms with Crippen molar-refractivity contribution in [2.75, 3.05) is 12.4 Å². The molecule has 7 nitrogen and oxygen atoms in total. The van der Waals surface area contributed by atoms with E-state index in [-0.39, 0.29) is 12.4 Å². The molecule has 2 aliphatic carbocycles. The molecule has 2 aliphatic rings. The largest absolute Gasteiger partial charge is 0.480 e. The first kappa shape index (κ1) is 24.7. The molecule has 0 aliphatic heterocycles. The van der Waals surface area contributed by atoms with E-state index in [9.17, 15) is 9.59 Å². The standard InChI is InChI=1S/C12H23N.C8H12N2O4S/c1-3-7-11(8-4-1)13-12-9-5-2-6-10-12;1-5(12)10-7(8(13)14)4-15-6(2-9)3-11/h11-13H,1-10H2;6-7,11H,3-4H2,1H3,(H,10,12)(H,13,14). The molecule has 2 saturated carbocycles. The second-order valence-corrected chi connectivity index (χ2v) is 8.80. The third-order valence-electron chi connectivity index (χ3n) is 5.13. The summed E-state index contributed by atoms with van der Waals surface area (Å²) in [7, 11) is 0. The number of nitrogens with zero attached hydrogens (tertiary/aromatic N) is 1. The molecule has 2 rings (SSSR count). The van der Waals surface area contributed by atoms with Crippen LogP contribution in [-0.2, 0) is 9.59 Å². The Morgan fingerprint density at radius 1 is 1.07 bits per heavy atom. The van der Waals surface area contributed by atoms with Crippen LogP contribution in [0.5, 0.6) is 0 Å². The van der Waals surface area contributed by atoms with E-state index in [2.05, 4.69) is 10.6 Å². The average molecular weight is 414 g/mol. The molecule has 0 aromatic heterocycles. The van der Waals surface area contributed by atoms with Gasteiger partial charge in [-0.25, -0.2) is 4.79 Å². The fourth-order valence-electron chi connectivity index (χ4n) is 3.64. The lowest BCUT2D eigenvalue weighted by Crippen LogP contribution is -2.41. The third kappa shape index (κ3) is 10.9. The Bertz CT molecular complexity index is 484. The molecule has 160 valence electrons. The van der Waals surface area contributed by atoms with Crippen molar-refractivity contribution in [2.24, 2.45) is 0 Å². The number of aliphatic carboxylic acids is 1. The van der Waals surface area contributed by atoms with Crippen molar-refractivity contribution in [3.8, 4) is 6.07 Å². The van der Waals surface area contributed by atoms with E-state index in [0.717, 1.165) is 23.8 Å². The molecule has 0 bridgehead atoms. The molecular weight excluding hydrogens is 378 g/mol. The van der Waals surface area contributed by atoms with Crippen molar-refractivity contribution in [1.29, 1.82) is 5.26 Å². The summed E-state index contributed by atoms with van der Waals surface area (Å²) >= 11 is 0.993. The summed E-state index contributed by atoms with van der Waals surface area (Å²) in [6.45, 7) is 0.877. The molecule has 2 unspecified atom stereocenters. The van der Waals surface area contributed by atoms with Crippen LogP contribution in [0.25, 0.3) is 0 Å². The highest BCUT2D eigenvalue weighted by atomic mass is 32.2. The van der Waals surface area contributed by atoms with Gasteiger partial charge in [0.25, 0.3) is 0 Å². The van der Waals surface area contributed by atoms with Crippen LogP contribution in [0.15, 0.2) is 0 Å². The number of aliphatic hydroxyl groups is 1. The van der Waals surface area contributed by atoms with Crippen molar-refractivity contribution in [3.05, 3.63) is 0 Å².